The lowest BCUT2D eigenvalue weighted by atomic mass is 9.68. The Bertz CT molecular complexity index is 783. The predicted molar refractivity (Wildman–Crippen MR) is 119 cm³/mol. The van der Waals surface area contributed by atoms with Gasteiger partial charge in [0.2, 0.25) is 0 Å². The average Bonchev–Trinajstić information content (AvgIpc) is 2.72. The predicted octanol–water partition coefficient (Wildman–Crippen LogP) is 9.00. The van der Waals surface area contributed by atoms with Crippen LogP contribution in [0.25, 0.3) is 11.1 Å². The molecule has 0 bridgehead atoms. The van der Waals surface area contributed by atoms with Gasteiger partial charge < -0.3 is 0 Å². The van der Waals surface area contributed by atoms with E-state index in [0.29, 0.717) is 17.0 Å². The van der Waals surface area contributed by atoms with Crippen molar-refractivity contribution in [2.75, 3.05) is 0 Å². The van der Waals surface area contributed by atoms with Crippen LogP contribution < -0.4 is 0 Å². The van der Waals surface area contributed by atoms with Gasteiger partial charge in [-0.25, -0.2) is 13.2 Å². The zero-order chi connectivity index (χ0) is 19.7. The molecule has 0 radical (unpaired) electrons. The Morgan fingerprint density at radius 3 is 1.69 bits per heavy atom. The van der Waals surface area contributed by atoms with Crippen LogP contribution in [0.4, 0.5) is 13.2 Å². The Balaban J connectivity index is 0.00000160. The summed E-state index contributed by atoms with van der Waals surface area (Å²) in [7, 11) is 0. The molecule has 162 valence electrons. The van der Waals surface area contributed by atoms with E-state index in [1.807, 2.05) is 12.1 Å². The van der Waals surface area contributed by atoms with Crippen molar-refractivity contribution in [2.45, 2.75) is 71.6 Å². The van der Waals surface area contributed by atoms with E-state index in [1.54, 1.807) is 0 Å². The normalized spacial score (nSPS) is 27.3. The van der Waals surface area contributed by atoms with Crippen molar-refractivity contribution in [3.8, 4) is 11.1 Å². The van der Waals surface area contributed by atoms with Gasteiger partial charge in [0, 0.05) is 2.85 Å². The summed E-state index contributed by atoms with van der Waals surface area (Å²) in [6.07, 6.45) is 10.7. The Hall–Kier alpha value is -1.77. The minimum absolute atomic E-state index is 0. The molecule has 0 unspecified atom stereocenters. The molecule has 2 aromatic rings. The summed E-state index contributed by atoms with van der Waals surface area (Å²) in [5.41, 5.74) is 2.40. The second kappa shape index (κ2) is 9.36. The molecule has 29 heavy (non-hydrogen) atoms. The first kappa shape index (κ1) is 21.9. The highest BCUT2D eigenvalue weighted by Gasteiger charge is 2.30. The van der Waals surface area contributed by atoms with Gasteiger partial charge in [0.15, 0.2) is 17.5 Å². The third kappa shape index (κ3) is 4.87. The quantitative estimate of drug-likeness (QED) is 0.446. The maximum Gasteiger partial charge on any atom is 0.194 e. The van der Waals surface area contributed by atoms with Crippen molar-refractivity contribution in [1.82, 2.24) is 0 Å². The van der Waals surface area contributed by atoms with E-state index in [2.05, 4.69) is 19.1 Å². The topological polar surface area (TPSA) is 0 Å². The monoisotopic (exact) mass is 406 g/mol. The standard InChI is InChI=1S/C25H29F3.CH4.2H2/c1-16-2-4-17(5-3-16)18-6-8-19(9-7-18)20-10-12-21(13-11-20)22-14-23(26)25(28)24(27)15-22;;;/h10-19H,2-9H2,1H3;1H4;2*1H. The smallest absolute Gasteiger partial charge is 0.194 e. The molecular formula is C26H37F3. The van der Waals surface area contributed by atoms with E-state index in [4.69, 9.17) is 0 Å². The lowest BCUT2D eigenvalue weighted by Crippen LogP contribution is -2.24. The van der Waals surface area contributed by atoms with Crippen LogP contribution in [-0.2, 0) is 0 Å². The van der Waals surface area contributed by atoms with Crippen molar-refractivity contribution >= 4 is 0 Å². The molecule has 0 N–H and O–H groups in total. The van der Waals surface area contributed by atoms with E-state index in [-0.39, 0.29) is 10.3 Å². The van der Waals surface area contributed by atoms with Gasteiger partial charge in [-0.2, -0.15) is 0 Å². The van der Waals surface area contributed by atoms with E-state index in [9.17, 15) is 13.2 Å². The fourth-order valence-electron chi connectivity index (χ4n) is 5.35. The second-order valence-corrected chi connectivity index (χ2v) is 9.01. The average molecular weight is 407 g/mol. The molecule has 0 saturated heterocycles. The number of rotatable bonds is 3. The van der Waals surface area contributed by atoms with Crippen LogP contribution in [0.1, 0.15) is 80.1 Å². The van der Waals surface area contributed by atoms with E-state index in [1.165, 1.54) is 56.9 Å². The molecule has 2 aromatic carbocycles. The third-order valence-corrected chi connectivity index (χ3v) is 7.20. The summed E-state index contributed by atoms with van der Waals surface area (Å²) in [6, 6.07) is 10.1. The first-order valence-corrected chi connectivity index (χ1v) is 10.8. The summed E-state index contributed by atoms with van der Waals surface area (Å²) in [5, 5.41) is 0. The Morgan fingerprint density at radius 2 is 1.17 bits per heavy atom. The molecule has 2 saturated carbocycles. The van der Waals surface area contributed by atoms with Crippen LogP contribution in [0.2, 0.25) is 0 Å². The molecule has 2 aliphatic rings. The van der Waals surface area contributed by atoms with Gasteiger partial charge in [-0.15, -0.1) is 0 Å². The van der Waals surface area contributed by atoms with Crippen LogP contribution in [0.5, 0.6) is 0 Å². The Kier molecular flexibility index (Phi) is 7.08. The third-order valence-electron chi connectivity index (χ3n) is 7.20. The molecule has 2 aliphatic carbocycles. The van der Waals surface area contributed by atoms with Gasteiger partial charge >= 0.3 is 0 Å². The molecule has 3 heteroatoms. The number of hydrogen-bond acceptors (Lipinski definition) is 0. The first-order valence-electron chi connectivity index (χ1n) is 10.8. The minimum Gasteiger partial charge on any atom is -0.204 e. The molecule has 0 nitrogen and oxygen atoms in total. The van der Waals surface area contributed by atoms with Crippen LogP contribution in [-0.4, -0.2) is 0 Å². The maximum absolute atomic E-state index is 13.5. The van der Waals surface area contributed by atoms with E-state index >= 15 is 0 Å². The van der Waals surface area contributed by atoms with Gasteiger partial charge in [0.25, 0.3) is 0 Å². The molecule has 0 amide bonds. The van der Waals surface area contributed by atoms with Crippen LogP contribution in [0.15, 0.2) is 36.4 Å². The fourth-order valence-corrected chi connectivity index (χ4v) is 5.35. The van der Waals surface area contributed by atoms with Gasteiger partial charge in [0.05, 0.1) is 0 Å². The van der Waals surface area contributed by atoms with Crippen molar-refractivity contribution in [2.24, 2.45) is 17.8 Å². The second-order valence-electron chi connectivity index (χ2n) is 9.01. The van der Waals surface area contributed by atoms with Crippen molar-refractivity contribution < 1.29 is 16.0 Å². The van der Waals surface area contributed by atoms with E-state index < -0.39 is 17.5 Å². The van der Waals surface area contributed by atoms with Gasteiger partial charge in [-0.3, -0.25) is 0 Å². The molecule has 0 aliphatic heterocycles. The molecule has 0 atom stereocenters. The highest BCUT2D eigenvalue weighted by atomic mass is 19.2. The Morgan fingerprint density at radius 1 is 0.690 bits per heavy atom. The van der Waals surface area contributed by atoms with Crippen molar-refractivity contribution in [3.05, 3.63) is 59.4 Å². The molecule has 4 rings (SSSR count). The lowest BCUT2D eigenvalue weighted by Gasteiger charge is -2.37. The summed E-state index contributed by atoms with van der Waals surface area (Å²) in [6.45, 7) is 2.38. The SMILES string of the molecule is C.CC1CCC(C2CCC(c3ccc(-c4cc(F)c(F)c(F)c4)cc3)CC2)CC1.[HH].[HH]. The summed E-state index contributed by atoms with van der Waals surface area (Å²) < 4.78 is 40.2. The largest absolute Gasteiger partial charge is 0.204 e. The molecule has 2 fully saturated rings. The van der Waals surface area contributed by atoms with E-state index in [0.717, 1.165) is 29.9 Å². The van der Waals surface area contributed by atoms with Gasteiger partial charge in [-0.1, -0.05) is 51.5 Å². The zero-order valence-corrected chi connectivity index (χ0v) is 16.6. The molecule has 0 aromatic heterocycles. The zero-order valence-electron chi connectivity index (χ0n) is 16.6. The van der Waals surface area contributed by atoms with Gasteiger partial charge in [-0.05, 0) is 91.0 Å². The summed E-state index contributed by atoms with van der Waals surface area (Å²) in [4.78, 5) is 0. The number of hydrogen-bond donors (Lipinski definition) is 0. The van der Waals surface area contributed by atoms with Crippen molar-refractivity contribution in [3.63, 3.8) is 0 Å². The number of halogens is 3. The molecular weight excluding hydrogens is 369 g/mol. The first-order chi connectivity index (χ1) is 13.5. The summed E-state index contributed by atoms with van der Waals surface area (Å²) >= 11 is 0. The highest BCUT2D eigenvalue weighted by Crippen LogP contribution is 2.44. The Labute approximate surface area is 176 Å². The van der Waals surface area contributed by atoms with Crippen LogP contribution in [0.3, 0.4) is 0 Å². The minimum atomic E-state index is -1.41. The molecule has 0 spiro atoms. The number of benzene rings is 2. The maximum atomic E-state index is 13.5. The summed E-state index contributed by atoms with van der Waals surface area (Å²) in [5.74, 6) is -0.381. The van der Waals surface area contributed by atoms with Crippen molar-refractivity contribution in [1.29, 1.82) is 0 Å². The molecule has 0 heterocycles. The lowest BCUT2D eigenvalue weighted by molar-refractivity contribution is 0.165. The highest BCUT2D eigenvalue weighted by molar-refractivity contribution is 5.64. The van der Waals surface area contributed by atoms with Crippen LogP contribution >= 0.6 is 0 Å². The van der Waals surface area contributed by atoms with Gasteiger partial charge in [0.1, 0.15) is 0 Å². The fraction of sp³-hybridized carbons (Fsp3) is 0.538. The van der Waals surface area contributed by atoms with Crippen LogP contribution in [0, 0.1) is 35.2 Å².